The van der Waals surface area contributed by atoms with Crippen LogP contribution >= 0.6 is 0 Å². The summed E-state index contributed by atoms with van der Waals surface area (Å²) in [5.41, 5.74) is 0.733. The summed E-state index contributed by atoms with van der Waals surface area (Å²) in [7, 11) is 1.78. The van der Waals surface area contributed by atoms with Crippen molar-refractivity contribution in [3.63, 3.8) is 0 Å². The van der Waals surface area contributed by atoms with E-state index < -0.39 is 13.2 Å². The maximum Gasteiger partial charge on any atom is 0.492 e. The van der Waals surface area contributed by atoms with Gasteiger partial charge in [0.05, 0.1) is 5.69 Å². The predicted octanol–water partition coefficient (Wildman–Crippen LogP) is -0.389. The highest BCUT2D eigenvalue weighted by molar-refractivity contribution is 6.59. The molecule has 0 radical (unpaired) electrons. The highest BCUT2D eigenvalue weighted by atomic mass is 16.6. The van der Waals surface area contributed by atoms with Crippen LogP contribution < -0.4 is 5.46 Å². The van der Waals surface area contributed by atoms with Gasteiger partial charge in [0.15, 0.2) is 0 Å². The standard InChI is InChI=1S/C12H20BN3O4/c1-15(9-5-3-4-6-9)12(17)20-8-11-10(13(18)19)7-14-16(11)2/h7,9,18-19H,3-6,8H2,1-2H3. The molecule has 0 spiro atoms. The molecule has 0 atom stereocenters. The van der Waals surface area contributed by atoms with Gasteiger partial charge in [-0.3, -0.25) is 4.68 Å². The summed E-state index contributed by atoms with van der Waals surface area (Å²) in [5, 5.41) is 22.4. The zero-order chi connectivity index (χ0) is 14.7. The zero-order valence-electron chi connectivity index (χ0n) is 11.8. The maximum atomic E-state index is 12.0. The lowest BCUT2D eigenvalue weighted by atomic mass is 9.80. The molecule has 20 heavy (non-hydrogen) atoms. The van der Waals surface area contributed by atoms with Crippen LogP contribution in [0, 0.1) is 0 Å². The number of ether oxygens (including phenoxy) is 1. The number of hydrogen-bond donors (Lipinski definition) is 2. The molecule has 2 rings (SSSR count). The van der Waals surface area contributed by atoms with Gasteiger partial charge in [-0.05, 0) is 12.8 Å². The minimum atomic E-state index is -1.62. The lowest BCUT2D eigenvalue weighted by molar-refractivity contribution is 0.0899. The Balaban J connectivity index is 1.94. The fourth-order valence-electron chi connectivity index (χ4n) is 2.54. The van der Waals surface area contributed by atoms with Gasteiger partial charge in [0.25, 0.3) is 0 Å². The fourth-order valence-corrected chi connectivity index (χ4v) is 2.54. The van der Waals surface area contributed by atoms with Crippen molar-refractivity contribution >= 4 is 18.7 Å². The van der Waals surface area contributed by atoms with Gasteiger partial charge >= 0.3 is 13.2 Å². The first-order chi connectivity index (χ1) is 9.50. The molecule has 2 N–H and O–H groups in total. The number of carbonyl (C=O) groups is 1. The van der Waals surface area contributed by atoms with Gasteiger partial charge in [-0.15, -0.1) is 0 Å². The van der Waals surface area contributed by atoms with Crippen LogP contribution in [-0.4, -0.2) is 51.0 Å². The molecule has 7 nitrogen and oxygen atoms in total. The van der Waals surface area contributed by atoms with E-state index >= 15 is 0 Å². The van der Waals surface area contributed by atoms with Crippen molar-refractivity contribution < 1.29 is 19.6 Å². The Morgan fingerprint density at radius 2 is 2.20 bits per heavy atom. The Hall–Kier alpha value is -1.54. The molecule has 0 bridgehead atoms. The van der Waals surface area contributed by atoms with Gasteiger partial charge in [0.1, 0.15) is 6.61 Å². The molecule has 0 saturated heterocycles. The average Bonchev–Trinajstić information content (AvgIpc) is 3.04. The van der Waals surface area contributed by atoms with Gasteiger partial charge in [-0.2, -0.15) is 5.10 Å². The second kappa shape index (κ2) is 6.28. The number of nitrogens with zero attached hydrogens (tertiary/aromatic N) is 3. The third-order valence-electron chi connectivity index (χ3n) is 3.86. The van der Waals surface area contributed by atoms with Gasteiger partial charge < -0.3 is 19.7 Å². The van der Waals surface area contributed by atoms with Crippen LogP contribution in [0.15, 0.2) is 6.20 Å². The van der Waals surface area contributed by atoms with E-state index in [1.165, 1.54) is 10.9 Å². The lowest BCUT2D eigenvalue weighted by Crippen LogP contribution is -2.37. The van der Waals surface area contributed by atoms with E-state index in [9.17, 15) is 14.8 Å². The molecule has 0 unspecified atom stereocenters. The Kier molecular flexibility index (Phi) is 4.67. The molecule has 1 aromatic heterocycles. The molecular formula is C12H20BN3O4. The number of aromatic nitrogens is 2. The average molecular weight is 281 g/mol. The molecule has 110 valence electrons. The van der Waals surface area contributed by atoms with Crippen molar-refractivity contribution in [2.24, 2.45) is 7.05 Å². The molecule has 1 aromatic rings. The Labute approximate surface area is 118 Å². The number of hydrogen-bond acceptors (Lipinski definition) is 5. The molecule has 1 saturated carbocycles. The minimum absolute atomic E-state index is 0.0284. The number of amides is 1. The van der Waals surface area contributed by atoms with E-state index in [1.807, 2.05) is 0 Å². The second-order valence-corrected chi connectivity index (χ2v) is 5.15. The van der Waals surface area contributed by atoms with E-state index in [1.54, 1.807) is 19.0 Å². The van der Waals surface area contributed by atoms with E-state index in [4.69, 9.17) is 4.74 Å². The maximum absolute atomic E-state index is 12.0. The van der Waals surface area contributed by atoms with E-state index in [-0.39, 0.29) is 18.1 Å². The molecule has 1 fully saturated rings. The molecule has 1 heterocycles. The van der Waals surface area contributed by atoms with Crippen molar-refractivity contribution in [1.29, 1.82) is 0 Å². The summed E-state index contributed by atoms with van der Waals surface area (Å²) in [6.45, 7) is -0.0284. The molecular weight excluding hydrogens is 261 g/mol. The highest BCUT2D eigenvalue weighted by Gasteiger charge is 2.26. The van der Waals surface area contributed by atoms with Crippen molar-refractivity contribution in [1.82, 2.24) is 14.7 Å². The van der Waals surface area contributed by atoms with Crippen LogP contribution in [0.5, 0.6) is 0 Å². The minimum Gasteiger partial charge on any atom is -0.443 e. The van der Waals surface area contributed by atoms with Gasteiger partial charge in [-0.1, -0.05) is 12.8 Å². The van der Waals surface area contributed by atoms with Crippen LogP contribution in [0.3, 0.4) is 0 Å². The van der Waals surface area contributed by atoms with Crippen molar-refractivity contribution in [2.75, 3.05) is 7.05 Å². The fraction of sp³-hybridized carbons (Fsp3) is 0.667. The van der Waals surface area contributed by atoms with Gasteiger partial charge in [0.2, 0.25) is 0 Å². The third kappa shape index (κ3) is 3.13. The first-order valence-electron chi connectivity index (χ1n) is 6.77. The summed E-state index contributed by atoms with van der Waals surface area (Å²) in [6, 6.07) is 0.247. The molecule has 1 aliphatic carbocycles. The number of rotatable bonds is 4. The van der Waals surface area contributed by atoms with Crippen LogP contribution in [0.25, 0.3) is 0 Å². The quantitative estimate of drug-likeness (QED) is 0.734. The molecule has 0 aromatic carbocycles. The van der Waals surface area contributed by atoms with Crippen molar-refractivity contribution in [2.45, 2.75) is 38.3 Å². The third-order valence-corrected chi connectivity index (χ3v) is 3.86. The van der Waals surface area contributed by atoms with E-state index in [0.717, 1.165) is 25.7 Å². The van der Waals surface area contributed by atoms with Crippen LogP contribution in [0.2, 0.25) is 0 Å². The monoisotopic (exact) mass is 281 g/mol. The lowest BCUT2D eigenvalue weighted by Gasteiger charge is -2.23. The summed E-state index contributed by atoms with van der Waals surface area (Å²) in [5.74, 6) is 0. The van der Waals surface area contributed by atoms with Gasteiger partial charge in [0, 0.05) is 31.8 Å². The summed E-state index contributed by atoms with van der Waals surface area (Å²) in [6.07, 6.45) is 5.27. The van der Waals surface area contributed by atoms with E-state index in [2.05, 4.69) is 5.10 Å². The summed E-state index contributed by atoms with van der Waals surface area (Å²) in [4.78, 5) is 13.6. The first kappa shape index (κ1) is 14.9. The van der Waals surface area contributed by atoms with Crippen LogP contribution in [-0.2, 0) is 18.4 Å². The molecule has 0 aliphatic heterocycles. The van der Waals surface area contributed by atoms with Gasteiger partial charge in [-0.25, -0.2) is 4.79 Å². The number of carbonyl (C=O) groups excluding carboxylic acids is 1. The van der Waals surface area contributed by atoms with E-state index in [0.29, 0.717) is 5.69 Å². The first-order valence-corrected chi connectivity index (χ1v) is 6.77. The Morgan fingerprint density at radius 1 is 1.55 bits per heavy atom. The SMILES string of the molecule is CN(C(=O)OCc1c(B(O)O)cnn1C)C1CCCC1. The smallest absolute Gasteiger partial charge is 0.443 e. The predicted molar refractivity (Wildman–Crippen MR) is 73.2 cm³/mol. The highest BCUT2D eigenvalue weighted by Crippen LogP contribution is 2.22. The Bertz CT molecular complexity index is 471. The summed E-state index contributed by atoms with van der Waals surface area (Å²) < 4.78 is 6.71. The van der Waals surface area contributed by atoms with Crippen LogP contribution in [0.1, 0.15) is 31.4 Å². The molecule has 1 amide bonds. The zero-order valence-corrected chi connectivity index (χ0v) is 11.8. The summed E-state index contributed by atoms with van der Waals surface area (Å²) >= 11 is 0. The van der Waals surface area contributed by atoms with Crippen LogP contribution in [0.4, 0.5) is 4.79 Å². The largest absolute Gasteiger partial charge is 0.492 e. The topological polar surface area (TPSA) is 87.8 Å². The Morgan fingerprint density at radius 3 is 2.80 bits per heavy atom. The number of aryl methyl sites for hydroxylation is 1. The van der Waals surface area contributed by atoms with Crippen molar-refractivity contribution in [3.8, 4) is 0 Å². The molecule has 8 heteroatoms. The normalized spacial score (nSPS) is 15.4. The second-order valence-electron chi connectivity index (χ2n) is 5.15. The van der Waals surface area contributed by atoms with Crippen molar-refractivity contribution in [3.05, 3.63) is 11.9 Å². The molecule has 1 aliphatic rings.